The van der Waals surface area contributed by atoms with Gasteiger partial charge in [0, 0.05) is 21.0 Å². The second-order valence-electron chi connectivity index (χ2n) is 6.05. The molecule has 1 saturated heterocycles. The van der Waals surface area contributed by atoms with Crippen LogP contribution >= 0.6 is 0 Å². The van der Waals surface area contributed by atoms with Crippen molar-refractivity contribution in [3.63, 3.8) is 0 Å². The fourth-order valence-electron chi connectivity index (χ4n) is 2.81. The Balaban J connectivity index is 3.11. The number of alkyl halides is 2. The van der Waals surface area contributed by atoms with Crippen LogP contribution in [0.4, 0.5) is 8.78 Å². The van der Waals surface area contributed by atoms with Crippen molar-refractivity contribution in [3.05, 3.63) is 0 Å². The summed E-state index contributed by atoms with van der Waals surface area (Å²) >= 11 is 0. The minimum Gasteiger partial charge on any atom is -0.465 e. The van der Waals surface area contributed by atoms with Gasteiger partial charge in [-0.15, -0.1) is 0 Å². The molecule has 0 aromatic rings. The molecule has 0 N–H and O–H groups in total. The van der Waals surface area contributed by atoms with Gasteiger partial charge in [0.05, 0.1) is 13.2 Å². The van der Waals surface area contributed by atoms with Gasteiger partial charge in [-0.25, -0.2) is 9.18 Å². The topological polar surface area (TPSA) is 97.4 Å². The Hall–Kier alpha value is -1.81. The Bertz CT molecular complexity index is 528. The van der Waals surface area contributed by atoms with Crippen molar-refractivity contribution in [1.82, 2.24) is 0 Å². The molecule has 6 unspecified atom stereocenters. The van der Waals surface area contributed by atoms with E-state index in [2.05, 4.69) is 4.74 Å². The minimum absolute atomic E-state index is 0.351. The van der Waals surface area contributed by atoms with Gasteiger partial charge in [0.25, 0.3) is 0 Å². The quantitative estimate of drug-likeness (QED) is 0.477. The standard InChI is InChI=1S/C16H24F2O8/c1-8-6-12(17)16(18,15(21)23-5)26-13(8)14(22-4)11(25-10(3)20)7-24-9(2)19/h8,11-14H,6-7H2,1-5H3. The molecule has 0 bridgehead atoms. The van der Waals surface area contributed by atoms with E-state index in [0.29, 0.717) is 0 Å². The molecule has 0 spiro atoms. The second kappa shape index (κ2) is 9.22. The van der Waals surface area contributed by atoms with Gasteiger partial charge in [0.1, 0.15) is 12.7 Å². The van der Waals surface area contributed by atoms with Gasteiger partial charge in [-0.2, -0.15) is 4.39 Å². The van der Waals surface area contributed by atoms with Crippen LogP contribution in [0.5, 0.6) is 0 Å². The zero-order chi connectivity index (χ0) is 20.1. The van der Waals surface area contributed by atoms with E-state index in [1.54, 1.807) is 6.92 Å². The lowest BCUT2D eigenvalue weighted by Crippen LogP contribution is -2.60. The lowest BCUT2D eigenvalue weighted by Gasteiger charge is -2.43. The van der Waals surface area contributed by atoms with Crippen molar-refractivity contribution < 1.29 is 46.8 Å². The normalized spacial score (nSPS) is 30.8. The summed E-state index contributed by atoms with van der Waals surface area (Å²) in [7, 11) is 2.15. The number of esters is 3. The Labute approximate surface area is 150 Å². The molecular weight excluding hydrogens is 358 g/mol. The van der Waals surface area contributed by atoms with Crippen molar-refractivity contribution in [2.75, 3.05) is 20.8 Å². The van der Waals surface area contributed by atoms with Crippen molar-refractivity contribution in [2.24, 2.45) is 5.92 Å². The van der Waals surface area contributed by atoms with E-state index in [9.17, 15) is 23.2 Å². The zero-order valence-corrected chi connectivity index (χ0v) is 15.3. The van der Waals surface area contributed by atoms with E-state index in [1.165, 1.54) is 7.11 Å². The molecule has 10 heteroatoms. The number of rotatable bonds is 7. The van der Waals surface area contributed by atoms with E-state index in [0.717, 1.165) is 21.0 Å². The van der Waals surface area contributed by atoms with Crippen LogP contribution in [0.2, 0.25) is 0 Å². The molecule has 1 fully saturated rings. The average Bonchev–Trinajstić information content (AvgIpc) is 2.56. The second-order valence-corrected chi connectivity index (χ2v) is 6.05. The first-order valence-electron chi connectivity index (χ1n) is 7.99. The summed E-state index contributed by atoms with van der Waals surface area (Å²) in [6, 6.07) is 0. The van der Waals surface area contributed by atoms with Gasteiger partial charge in [-0.1, -0.05) is 6.92 Å². The van der Waals surface area contributed by atoms with Crippen LogP contribution in [0.15, 0.2) is 0 Å². The van der Waals surface area contributed by atoms with Gasteiger partial charge in [0.15, 0.2) is 12.3 Å². The molecule has 150 valence electrons. The molecule has 1 aliphatic heterocycles. The first-order chi connectivity index (χ1) is 12.1. The number of carbonyl (C=O) groups is 3. The Morgan fingerprint density at radius 2 is 1.85 bits per heavy atom. The predicted octanol–water partition coefficient (Wildman–Crippen LogP) is 1.10. The molecular formula is C16H24F2O8. The molecule has 8 nitrogen and oxygen atoms in total. The first-order valence-corrected chi connectivity index (χ1v) is 7.99. The number of hydrogen-bond acceptors (Lipinski definition) is 8. The minimum atomic E-state index is -3.31. The predicted molar refractivity (Wildman–Crippen MR) is 82.4 cm³/mol. The maximum absolute atomic E-state index is 14.8. The Kier molecular flexibility index (Phi) is 7.88. The number of methoxy groups -OCH3 is 2. The number of halogens is 2. The molecule has 0 radical (unpaired) electrons. The number of hydrogen-bond donors (Lipinski definition) is 0. The van der Waals surface area contributed by atoms with Crippen LogP contribution in [-0.4, -0.2) is 69.1 Å². The van der Waals surface area contributed by atoms with Gasteiger partial charge in [-0.3, -0.25) is 9.59 Å². The van der Waals surface area contributed by atoms with E-state index in [-0.39, 0.29) is 13.0 Å². The van der Waals surface area contributed by atoms with Crippen molar-refractivity contribution in [2.45, 2.75) is 57.5 Å². The van der Waals surface area contributed by atoms with Crippen LogP contribution in [0.3, 0.4) is 0 Å². The van der Waals surface area contributed by atoms with E-state index in [4.69, 9.17) is 18.9 Å². The number of carbonyl (C=O) groups excluding carboxylic acids is 3. The highest BCUT2D eigenvalue weighted by Gasteiger charge is 2.58. The largest absolute Gasteiger partial charge is 0.465 e. The monoisotopic (exact) mass is 382 g/mol. The Morgan fingerprint density at radius 1 is 1.23 bits per heavy atom. The lowest BCUT2D eigenvalue weighted by atomic mass is 9.86. The lowest BCUT2D eigenvalue weighted by molar-refractivity contribution is -0.283. The van der Waals surface area contributed by atoms with Gasteiger partial charge < -0.3 is 23.7 Å². The highest BCUT2D eigenvalue weighted by molar-refractivity contribution is 5.78. The van der Waals surface area contributed by atoms with Crippen LogP contribution in [0.25, 0.3) is 0 Å². The molecule has 6 atom stereocenters. The van der Waals surface area contributed by atoms with E-state index >= 15 is 0 Å². The summed E-state index contributed by atoms with van der Waals surface area (Å²) < 4.78 is 53.5. The van der Waals surface area contributed by atoms with Crippen molar-refractivity contribution in [1.29, 1.82) is 0 Å². The summed E-state index contributed by atoms with van der Waals surface area (Å²) in [5, 5.41) is 0. The molecule has 0 amide bonds. The van der Waals surface area contributed by atoms with Crippen LogP contribution in [0.1, 0.15) is 27.2 Å². The molecule has 1 aliphatic rings. The van der Waals surface area contributed by atoms with Crippen LogP contribution in [-0.2, 0) is 38.1 Å². The summed E-state index contributed by atoms with van der Waals surface area (Å²) in [6.45, 7) is 3.47. The fourth-order valence-corrected chi connectivity index (χ4v) is 2.81. The molecule has 0 aromatic carbocycles. The maximum atomic E-state index is 14.8. The highest BCUT2D eigenvalue weighted by atomic mass is 19.2. The summed E-state index contributed by atoms with van der Waals surface area (Å²) in [5.41, 5.74) is 0. The van der Waals surface area contributed by atoms with Gasteiger partial charge in [0.2, 0.25) is 0 Å². The van der Waals surface area contributed by atoms with Crippen molar-refractivity contribution in [3.8, 4) is 0 Å². The van der Waals surface area contributed by atoms with E-state index < -0.39 is 54.2 Å². The smallest absolute Gasteiger partial charge is 0.375 e. The Morgan fingerprint density at radius 3 is 2.31 bits per heavy atom. The van der Waals surface area contributed by atoms with Gasteiger partial charge >= 0.3 is 23.8 Å². The molecule has 0 saturated carbocycles. The third kappa shape index (κ3) is 5.10. The first kappa shape index (κ1) is 22.2. The summed E-state index contributed by atoms with van der Waals surface area (Å²) in [5.74, 6) is -6.76. The van der Waals surface area contributed by atoms with Gasteiger partial charge in [-0.05, 0) is 12.3 Å². The molecule has 0 aliphatic carbocycles. The highest BCUT2D eigenvalue weighted by Crippen LogP contribution is 2.39. The maximum Gasteiger partial charge on any atom is 0.375 e. The third-order valence-corrected chi connectivity index (χ3v) is 4.04. The molecule has 26 heavy (non-hydrogen) atoms. The third-order valence-electron chi connectivity index (χ3n) is 4.04. The summed E-state index contributed by atoms with van der Waals surface area (Å²) in [4.78, 5) is 34.1. The molecule has 1 heterocycles. The van der Waals surface area contributed by atoms with E-state index in [1.807, 2.05) is 0 Å². The van der Waals surface area contributed by atoms with Crippen LogP contribution < -0.4 is 0 Å². The van der Waals surface area contributed by atoms with Crippen LogP contribution in [0, 0.1) is 5.92 Å². The molecule has 1 rings (SSSR count). The van der Waals surface area contributed by atoms with Crippen molar-refractivity contribution >= 4 is 17.9 Å². The zero-order valence-electron chi connectivity index (χ0n) is 15.3. The average molecular weight is 382 g/mol. The fraction of sp³-hybridized carbons (Fsp3) is 0.812. The SMILES string of the molecule is COC(=O)C1(F)OC(C(OC)C(COC(C)=O)OC(C)=O)C(C)CC1F. The summed E-state index contributed by atoms with van der Waals surface area (Å²) in [6.07, 6.45) is -6.03. The number of ether oxygens (including phenoxy) is 5. The molecule has 0 aromatic heterocycles.